The average Bonchev–Trinajstić information content (AvgIpc) is 2.12. The van der Waals surface area contributed by atoms with E-state index in [-0.39, 0.29) is 5.83 Å². The fourth-order valence-corrected chi connectivity index (χ4v) is 0.731. The third-order valence-electron chi connectivity index (χ3n) is 1.78. The smallest absolute Gasteiger partial charge is 0.297 e. The summed E-state index contributed by atoms with van der Waals surface area (Å²) in [7, 11) is 0. The van der Waals surface area contributed by atoms with E-state index in [9.17, 15) is 9.18 Å². The lowest BCUT2D eigenvalue weighted by Crippen LogP contribution is -1.89. The summed E-state index contributed by atoms with van der Waals surface area (Å²) in [5.74, 6) is 0.699. The number of carbonyl (C=O) groups excluding carboxylic acids is 1. The van der Waals surface area contributed by atoms with Gasteiger partial charge in [-0.1, -0.05) is 33.8 Å². The molecule has 0 amide bonds. The van der Waals surface area contributed by atoms with E-state index in [0.29, 0.717) is 18.3 Å². The molecule has 0 fully saturated rings. The fourth-order valence-electron chi connectivity index (χ4n) is 0.731. The Morgan fingerprint density at radius 2 is 1.69 bits per heavy atom. The van der Waals surface area contributed by atoms with E-state index in [1.807, 2.05) is 34.6 Å². The first kappa shape index (κ1) is 17.3. The van der Waals surface area contributed by atoms with Gasteiger partial charge in [0.15, 0.2) is 0 Å². The summed E-state index contributed by atoms with van der Waals surface area (Å²) in [6.07, 6.45) is 3.05. The van der Waals surface area contributed by atoms with Crippen molar-refractivity contribution in [1.82, 2.24) is 0 Å². The molecule has 0 spiro atoms. The van der Waals surface area contributed by atoms with Crippen molar-refractivity contribution in [3.63, 3.8) is 0 Å². The molecule has 0 aromatic carbocycles. The van der Waals surface area contributed by atoms with Gasteiger partial charge in [-0.2, -0.15) is 0 Å². The maximum absolute atomic E-state index is 11.8. The first-order valence-electron chi connectivity index (χ1n) is 5.40. The van der Waals surface area contributed by atoms with Gasteiger partial charge in [-0.25, -0.2) is 4.39 Å². The van der Waals surface area contributed by atoms with E-state index in [4.69, 9.17) is 0 Å². The molecule has 16 heavy (non-hydrogen) atoms. The Bertz CT molecular complexity index is 236. The highest BCUT2D eigenvalue weighted by Crippen LogP contribution is 2.06. The molecule has 0 aliphatic rings. The van der Waals surface area contributed by atoms with Gasteiger partial charge < -0.3 is 4.74 Å². The fraction of sp³-hybridized carbons (Fsp3) is 0.615. The van der Waals surface area contributed by atoms with Crippen molar-refractivity contribution in [3.8, 4) is 0 Å². The number of carbonyl (C=O) groups is 1. The third-order valence-corrected chi connectivity index (χ3v) is 1.78. The molecule has 0 saturated heterocycles. The van der Waals surface area contributed by atoms with Crippen molar-refractivity contribution in [1.29, 1.82) is 0 Å². The SMILES string of the molecule is C/C(=C/OC=O)C(C)C.C/C(F)=C/C(C)C. The topological polar surface area (TPSA) is 26.3 Å². The van der Waals surface area contributed by atoms with Gasteiger partial charge in [-0.05, 0) is 31.3 Å². The minimum atomic E-state index is -0.0880. The maximum atomic E-state index is 11.8. The zero-order chi connectivity index (χ0) is 13.1. The molecule has 0 N–H and O–H groups in total. The summed E-state index contributed by atoms with van der Waals surface area (Å²) in [6.45, 7) is 11.8. The Morgan fingerprint density at radius 3 is 1.88 bits per heavy atom. The first-order valence-corrected chi connectivity index (χ1v) is 5.40. The van der Waals surface area contributed by atoms with Crippen molar-refractivity contribution in [2.24, 2.45) is 11.8 Å². The Morgan fingerprint density at radius 1 is 1.19 bits per heavy atom. The lowest BCUT2D eigenvalue weighted by Gasteiger charge is -2.01. The van der Waals surface area contributed by atoms with Crippen LogP contribution in [0, 0.1) is 11.8 Å². The quantitative estimate of drug-likeness (QED) is 0.533. The second-order valence-electron chi connectivity index (χ2n) is 4.25. The van der Waals surface area contributed by atoms with Crippen LogP contribution in [0.2, 0.25) is 0 Å². The van der Waals surface area contributed by atoms with Crippen molar-refractivity contribution < 1.29 is 13.9 Å². The zero-order valence-electron chi connectivity index (χ0n) is 11.1. The highest BCUT2D eigenvalue weighted by atomic mass is 19.1. The molecule has 0 saturated carbocycles. The average molecular weight is 230 g/mol. The van der Waals surface area contributed by atoms with Crippen molar-refractivity contribution in [2.75, 3.05) is 0 Å². The highest BCUT2D eigenvalue weighted by Gasteiger charge is 1.94. The van der Waals surface area contributed by atoms with E-state index in [1.54, 1.807) is 6.08 Å². The summed E-state index contributed by atoms with van der Waals surface area (Å²) in [6, 6.07) is 0. The molecule has 0 aliphatic carbocycles. The predicted molar refractivity (Wildman–Crippen MR) is 65.4 cm³/mol. The van der Waals surface area contributed by atoms with E-state index in [1.165, 1.54) is 13.2 Å². The van der Waals surface area contributed by atoms with Crippen molar-refractivity contribution in [2.45, 2.75) is 41.5 Å². The molecule has 0 unspecified atom stereocenters. The van der Waals surface area contributed by atoms with Gasteiger partial charge in [-0.3, -0.25) is 4.79 Å². The van der Waals surface area contributed by atoms with Crippen LogP contribution in [0.25, 0.3) is 0 Å². The molecular weight excluding hydrogens is 207 g/mol. The second-order valence-corrected chi connectivity index (χ2v) is 4.25. The first-order chi connectivity index (χ1) is 7.31. The Labute approximate surface area is 98.2 Å². The monoisotopic (exact) mass is 230 g/mol. The number of halogens is 1. The lowest BCUT2D eigenvalue weighted by molar-refractivity contribution is -0.123. The Balaban J connectivity index is 0. The molecule has 0 heterocycles. The van der Waals surface area contributed by atoms with Crippen LogP contribution >= 0.6 is 0 Å². The van der Waals surface area contributed by atoms with Crippen LogP contribution in [0.15, 0.2) is 23.7 Å². The van der Waals surface area contributed by atoms with Gasteiger partial charge in [0.1, 0.15) is 0 Å². The van der Waals surface area contributed by atoms with Crippen LogP contribution in [0.4, 0.5) is 4.39 Å². The van der Waals surface area contributed by atoms with Crippen LogP contribution in [0.3, 0.4) is 0 Å². The Hall–Kier alpha value is -1.12. The lowest BCUT2D eigenvalue weighted by atomic mass is 10.1. The van der Waals surface area contributed by atoms with E-state index < -0.39 is 0 Å². The molecule has 0 radical (unpaired) electrons. The van der Waals surface area contributed by atoms with Crippen molar-refractivity contribution in [3.05, 3.63) is 23.7 Å². The number of hydrogen-bond donors (Lipinski definition) is 0. The molecule has 0 bridgehead atoms. The molecule has 0 aromatic heterocycles. The molecule has 94 valence electrons. The normalized spacial score (nSPS) is 12.3. The van der Waals surface area contributed by atoms with Crippen LogP contribution in [0.1, 0.15) is 41.5 Å². The standard InChI is InChI=1S/C7H12O2.C6H11F/c1-6(2)7(3)4-9-5-8;1-5(2)4-6(3)7/h4-6H,1-3H3;4-5H,1-3H3/b7-4-;6-4-. The van der Waals surface area contributed by atoms with Crippen LogP contribution in [-0.2, 0) is 9.53 Å². The van der Waals surface area contributed by atoms with E-state index >= 15 is 0 Å². The zero-order valence-corrected chi connectivity index (χ0v) is 11.1. The number of allylic oxidation sites excluding steroid dienone is 3. The number of hydrogen-bond acceptors (Lipinski definition) is 2. The van der Waals surface area contributed by atoms with Crippen LogP contribution in [-0.4, -0.2) is 6.47 Å². The second kappa shape index (κ2) is 10.4. The third kappa shape index (κ3) is 15.4. The molecule has 0 aromatic rings. The van der Waals surface area contributed by atoms with Gasteiger partial charge in [0.05, 0.1) is 12.1 Å². The van der Waals surface area contributed by atoms with Crippen molar-refractivity contribution >= 4 is 6.47 Å². The number of rotatable bonds is 4. The molecule has 3 heteroatoms. The Kier molecular flexibility index (Phi) is 11.2. The predicted octanol–water partition coefficient (Wildman–Crippen LogP) is 4.23. The summed E-state index contributed by atoms with van der Waals surface area (Å²) in [5, 5.41) is 0. The molecule has 0 rings (SSSR count). The van der Waals surface area contributed by atoms with Crippen LogP contribution < -0.4 is 0 Å². The maximum Gasteiger partial charge on any atom is 0.297 e. The van der Waals surface area contributed by atoms with Gasteiger partial charge in [0.2, 0.25) is 0 Å². The molecular formula is C13H23FO2. The highest BCUT2D eigenvalue weighted by molar-refractivity contribution is 5.38. The summed E-state index contributed by atoms with van der Waals surface area (Å²) in [4.78, 5) is 9.67. The van der Waals surface area contributed by atoms with Gasteiger partial charge in [-0.15, -0.1) is 0 Å². The van der Waals surface area contributed by atoms with Crippen LogP contribution in [0.5, 0.6) is 0 Å². The minimum absolute atomic E-state index is 0.0880. The largest absolute Gasteiger partial charge is 0.437 e. The van der Waals surface area contributed by atoms with Gasteiger partial charge in [0.25, 0.3) is 6.47 Å². The molecule has 0 aliphatic heterocycles. The van der Waals surface area contributed by atoms with Gasteiger partial charge >= 0.3 is 0 Å². The minimum Gasteiger partial charge on any atom is -0.437 e. The van der Waals surface area contributed by atoms with Gasteiger partial charge in [0, 0.05) is 0 Å². The van der Waals surface area contributed by atoms with E-state index in [0.717, 1.165) is 5.57 Å². The van der Waals surface area contributed by atoms with E-state index in [2.05, 4.69) is 4.74 Å². The summed E-state index contributed by atoms with van der Waals surface area (Å²) in [5.41, 5.74) is 1.07. The molecule has 0 atom stereocenters. The molecule has 2 nitrogen and oxygen atoms in total. The summed E-state index contributed by atoms with van der Waals surface area (Å²) >= 11 is 0. The summed E-state index contributed by atoms with van der Waals surface area (Å²) < 4.78 is 16.2. The number of ether oxygens (including phenoxy) is 1.